The van der Waals surface area contributed by atoms with E-state index in [1.165, 1.54) is 161 Å². The van der Waals surface area contributed by atoms with Gasteiger partial charge in [-0.3, -0.25) is 4.79 Å². The van der Waals surface area contributed by atoms with Crippen LogP contribution in [-0.4, -0.2) is 34.9 Å². The third-order valence-electron chi connectivity index (χ3n) is 10.9. The van der Waals surface area contributed by atoms with Gasteiger partial charge in [0.15, 0.2) is 0 Å². The number of aliphatic hydroxyl groups excluding tert-OH is 2. The molecule has 57 heavy (non-hydrogen) atoms. The molecule has 0 radical (unpaired) electrons. The van der Waals surface area contributed by atoms with Gasteiger partial charge >= 0.3 is 0 Å². The molecule has 2 unspecified atom stereocenters. The van der Waals surface area contributed by atoms with E-state index >= 15 is 0 Å². The van der Waals surface area contributed by atoms with Crippen LogP contribution in [0.15, 0.2) is 72.9 Å². The first-order chi connectivity index (χ1) is 28.2. The lowest BCUT2D eigenvalue weighted by atomic mass is 10.0. The van der Waals surface area contributed by atoms with E-state index in [9.17, 15) is 15.0 Å². The lowest BCUT2D eigenvalue weighted by Gasteiger charge is -2.19. The molecule has 0 aliphatic rings. The van der Waals surface area contributed by atoms with E-state index in [-0.39, 0.29) is 12.5 Å². The first-order valence-electron chi connectivity index (χ1n) is 24.7. The predicted molar refractivity (Wildman–Crippen MR) is 253 cm³/mol. The van der Waals surface area contributed by atoms with E-state index in [0.29, 0.717) is 6.42 Å². The Kier molecular flexibility index (Phi) is 46.4. The third-order valence-corrected chi connectivity index (χ3v) is 10.9. The number of nitrogens with one attached hydrogen (secondary N) is 1. The number of unbranched alkanes of at least 4 members (excludes halogenated alkanes) is 27. The van der Waals surface area contributed by atoms with E-state index in [4.69, 9.17) is 0 Å². The maximum atomic E-state index is 12.3. The van der Waals surface area contributed by atoms with Gasteiger partial charge in [0.05, 0.1) is 18.8 Å². The Hall–Kier alpha value is -2.17. The molecule has 4 heteroatoms. The minimum Gasteiger partial charge on any atom is -0.394 e. The normalized spacial score (nSPS) is 13.5. The van der Waals surface area contributed by atoms with E-state index < -0.39 is 12.1 Å². The molecule has 330 valence electrons. The molecule has 0 bridgehead atoms. The monoisotopic (exact) mass is 794 g/mol. The van der Waals surface area contributed by atoms with Crippen LogP contribution in [0.2, 0.25) is 0 Å². The molecule has 3 N–H and O–H groups in total. The second-order valence-electron chi connectivity index (χ2n) is 16.5. The summed E-state index contributed by atoms with van der Waals surface area (Å²) in [4.78, 5) is 12.3. The van der Waals surface area contributed by atoms with Gasteiger partial charge in [-0.2, -0.15) is 0 Å². The molecule has 0 saturated heterocycles. The molecule has 0 aromatic carbocycles. The molecule has 0 aromatic rings. The standard InChI is InChI=1S/C53H95NO3/c1-3-5-7-9-11-13-14-15-16-17-18-19-20-21-22-23-24-25-26-27-28-29-30-31-32-33-34-35-36-37-38-39-40-41-43-45-47-49-53(57)54-51(50-55)52(56)48-46-44-42-12-10-8-6-4-2/h5,7,10-13,15-16,18-19,46,48,51-52,55-56H,3-4,6,8-9,14,17,20-45,47,49-50H2,1-2H3,(H,54,57)/b7-5-,12-10+,13-11-,16-15-,19-18-,48-46+. The Morgan fingerprint density at radius 2 is 0.789 bits per heavy atom. The number of hydrogen-bond donors (Lipinski definition) is 3. The average molecular weight is 794 g/mol. The third kappa shape index (κ3) is 44.8. The van der Waals surface area contributed by atoms with Crippen molar-refractivity contribution in [2.45, 2.75) is 251 Å². The van der Waals surface area contributed by atoms with Crippen LogP contribution in [0.3, 0.4) is 0 Å². The number of allylic oxidation sites excluding steroid dienone is 11. The van der Waals surface area contributed by atoms with Gasteiger partial charge in [-0.1, -0.05) is 241 Å². The van der Waals surface area contributed by atoms with Crippen LogP contribution in [0.4, 0.5) is 0 Å². The second-order valence-corrected chi connectivity index (χ2v) is 16.5. The van der Waals surface area contributed by atoms with Gasteiger partial charge in [0, 0.05) is 6.42 Å². The first-order valence-corrected chi connectivity index (χ1v) is 24.7. The van der Waals surface area contributed by atoms with Crippen molar-refractivity contribution in [2.75, 3.05) is 6.61 Å². The maximum absolute atomic E-state index is 12.3. The molecule has 0 spiro atoms. The quantitative estimate of drug-likeness (QED) is 0.0425. The van der Waals surface area contributed by atoms with Gasteiger partial charge < -0.3 is 15.5 Å². The lowest BCUT2D eigenvalue weighted by Crippen LogP contribution is -2.45. The Bertz CT molecular complexity index is 992. The Morgan fingerprint density at radius 1 is 0.439 bits per heavy atom. The predicted octanol–water partition coefficient (Wildman–Crippen LogP) is 15.9. The molecule has 0 aliphatic heterocycles. The van der Waals surface area contributed by atoms with Crippen molar-refractivity contribution in [1.82, 2.24) is 5.32 Å². The van der Waals surface area contributed by atoms with Crippen LogP contribution in [0.1, 0.15) is 239 Å². The Balaban J connectivity index is 3.38. The molecule has 0 aromatic heterocycles. The number of aliphatic hydroxyl groups is 2. The summed E-state index contributed by atoms with van der Waals surface area (Å²) in [6.07, 6.45) is 69.3. The topological polar surface area (TPSA) is 69.6 Å². The van der Waals surface area contributed by atoms with Crippen LogP contribution in [-0.2, 0) is 4.79 Å². The van der Waals surface area contributed by atoms with Crippen molar-refractivity contribution in [3.8, 4) is 0 Å². The molecule has 1 amide bonds. The van der Waals surface area contributed by atoms with E-state index in [2.05, 4.69) is 79.9 Å². The Labute approximate surface area is 355 Å². The summed E-state index contributed by atoms with van der Waals surface area (Å²) in [6.45, 7) is 4.11. The van der Waals surface area contributed by atoms with Crippen molar-refractivity contribution < 1.29 is 15.0 Å². The van der Waals surface area contributed by atoms with Crippen molar-refractivity contribution in [3.63, 3.8) is 0 Å². The summed E-state index contributed by atoms with van der Waals surface area (Å²) in [7, 11) is 0. The SMILES string of the molecule is CC/C=C\C/C=C\C/C=C\C/C=C\CCCCCCCCCCCCCCCCCCCCCCCCCCC(=O)NC(CO)C(O)/C=C/CC/C=C/CCCC. The number of rotatable bonds is 44. The number of hydrogen-bond acceptors (Lipinski definition) is 3. The van der Waals surface area contributed by atoms with Gasteiger partial charge in [-0.25, -0.2) is 0 Å². The molecule has 0 rings (SSSR count). The highest BCUT2D eigenvalue weighted by molar-refractivity contribution is 5.76. The van der Waals surface area contributed by atoms with E-state index in [1.807, 2.05) is 6.08 Å². The summed E-state index contributed by atoms with van der Waals surface area (Å²) in [6, 6.07) is -0.636. The molecular weight excluding hydrogens is 699 g/mol. The zero-order valence-corrected chi connectivity index (χ0v) is 37.8. The van der Waals surface area contributed by atoms with E-state index in [0.717, 1.165) is 57.8 Å². The van der Waals surface area contributed by atoms with Gasteiger partial charge in [0.1, 0.15) is 0 Å². The highest BCUT2D eigenvalue weighted by Crippen LogP contribution is 2.16. The number of carbonyl (C=O) groups is 1. The minimum absolute atomic E-state index is 0.0763. The number of carbonyl (C=O) groups excluding carboxylic acids is 1. The molecule has 2 atom stereocenters. The fourth-order valence-electron chi connectivity index (χ4n) is 7.17. The largest absolute Gasteiger partial charge is 0.394 e. The molecule has 0 saturated carbocycles. The lowest BCUT2D eigenvalue weighted by molar-refractivity contribution is -0.123. The van der Waals surface area contributed by atoms with Gasteiger partial charge in [0.2, 0.25) is 5.91 Å². The molecular formula is C53H95NO3. The van der Waals surface area contributed by atoms with Crippen LogP contribution in [0.25, 0.3) is 0 Å². The zero-order valence-electron chi connectivity index (χ0n) is 37.8. The van der Waals surface area contributed by atoms with Gasteiger partial charge in [-0.15, -0.1) is 0 Å². The van der Waals surface area contributed by atoms with Gasteiger partial charge in [-0.05, 0) is 64.2 Å². The summed E-state index contributed by atoms with van der Waals surface area (Å²) in [5.74, 6) is -0.0763. The van der Waals surface area contributed by atoms with Crippen molar-refractivity contribution in [3.05, 3.63) is 72.9 Å². The second kappa shape index (κ2) is 48.2. The highest BCUT2D eigenvalue weighted by Gasteiger charge is 2.17. The van der Waals surface area contributed by atoms with E-state index in [1.54, 1.807) is 6.08 Å². The highest BCUT2D eigenvalue weighted by atomic mass is 16.3. The maximum Gasteiger partial charge on any atom is 0.220 e. The minimum atomic E-state index is -0.859. The molecule has 0 fully saturated rings. The fraction of sp³-hybridized carbons (Fsp3) is 0.755. The summed E-state index contributed by atoms with van der Waals surface area (Å²) in [5, 5.41) is 22.8. The fourth-order valence-corrected chi connectivity index (χ4v) is 7.17. The summed E-state index contributed by atoms with van der Waals surface area (Å²) < 4.78 is 0. The van der Waals surface area contributed by atoms with Crippen LogP contribution in [0.5, 0.6) is 0 Å². The Morgan fingerprint density at radius 3 is 1.23 bits per heavy atom. The van der Waals surface area contributed by atoms with Crippen molar-refractivity contribution in [2.24, 2.45) is 0 Å². The molecule has 4 nitrogen and oxygen atoms in total. The van der Waals surface area contributed by atoms with Gasteiger partial charge in [0.25, 0.3) is 0 Å². The first kappa shape index (κ1) is 54.8. The van der Waals surface area contributed by atoms with Crippen molar-refractivity contribution >= 4 is 5.91 Å². The smallest absolute Gasteiger partial charge is 0.220 e. The van der Waals surface area contributed by atoms with Crippen molar-refractivity contribution in [1.29, 1.82) is 0 Å². The number of amides is 1. The van der Waals surface area contributed by atoms with Crippen LogP contribution in [0, 0.1) is 0 Å². The summed E-state index contributed by atoms with van der Waals surface area (Å²) >= 11 is 0. The zero-order chi connectivity index (χ0) is 41.4. The summed E-state index contributed by atoms with van der Waals surface area (Å²) in [5.41, 5.74) is 0. The van der Waals surface area contributed by atoms with Crippen LogP contribution >= 0.6 is 0 Å². The molecule has 0 aliphatic carbocycles. The average Bonchev–Trinajstić information content (AvgIpc) is 3.22. The molecule has 0 heterocycles. The van der Waals surface area contributed by atoms with Crippen LogP contribution < -0.4 is 5.32 Å².